The first kappa shape index (κ1) is 22.7. The first-order chi connectivity index (χ1) is 14.2. The molecule has 0 unspecified atom stereocenters. The van der Waals surface area contributed by atoms with Gasteiger partial charge in [-0.25, -0.2) is 9.97 Å². The van der Waals surface area contributed by atoms with Gasteiger partial charge in [0.25, 0.3) is 0 Å². The van der Waals surface area contributed by atoms with Crippen molar-refractivity contribution in [2.24, 2.45) is 14.1 Å². The van der Waals surface area contributed by atoms with Crippen LogP contribution in [0.15, 0.2) is 24.4 Å². The molecule has 0 atom stereocenters. The van der Waals surface area contributed by atoms with E-state index < -0.39 is 0 Å². The van der Waals surface area contributed by atoms with E-state index in [0.717, 1.165) is 39.3 Å². The van der Waals surface area contributed by atoms with Crippen LogP contribution >= 0.6 is 0 Å². The number of benzene rings is 1. The maximum Gasteiger partial charge on any atom is 0.198 e. The zero-order valence-electron chi connectivity index (χ0n) is 20.5. The number of nitriles is 1. The van der Waals surface area contributed by atoms with E-state index in [9.17, 15) is 5.26 Å². The Hall–Kier alpha value is -3.00. The highest BCUT2D eigenvalue weighted by atomic mass is 15.4. The molecule has 0 amide bonds. The van der Waals surface area contributed by atoms with Crippen molar-refractivity contribution in [3.05, 3.63) is 52.5 Å². The first-order valence-corrected chi connectivity index (χ1v) is 10.7. The van der Waals surface area contributed by atoms with Crippen molar-refractivity contribution in [2.75, 3.05) is 0 Å². The lowest BCUT2D eigenvalue weighted by Gasteiger charge is -2.24. The SMILES string of the molecule is Cc1c[n+](C)n(C)c1-c1cc(-c2nc(C(C)(C)C)cc(C(C)(C)C)n2)cc(C#N)c1C. The Balaban J connectivity index is 2.35. The van der Waals surface area contributed by atoms with Gasteiger partial charge in [0.2, 0.25) is 0 Å². The van der Waals surface area contributed by atoms with E-state index in [1.165, 1.54) is 0 Å². The van der Waals surface area contributed by atoms with Gasteiger partial charge < -0.3 is 0 Å². The molecule has 2 heterocycles. The van der Waals surface area contributed by atoms with Crippen LogP contribution in [0.5, 0.6) is 0 Å². The van der Waals surface area contributed by atoms with Gasteiger partial charge in [-0.2, -0.15) is 9.94 Å². The summed E-state index contributed by atoms with van der Waals surface area (Å²) in [5.41, 5.74) is 7.59. The van der Waals surface area contributed by atoms with Crippen LogP contribution in [0.4, 0.5) is 0 Å². The Kier molecular flexibility index (Phi) is 5.56. The third kappa shape index (κ3) is 4.25. The average molecular weight is 417 g/mol. The summed E-state index contributed by atoms with van der Waals surface area (Å²) in [5, 5.41) is 9.87. The Bertz CT molecular complexity index is 1160. The van der Waals surface area contributed by atoms with Crippen molar-refractivity contribution < 1.29 is 4.68 Å². The van der Waals surface area contributed by atoms with Gasteiger partial charge in [-0.3, -0.25) is 0 Å². The third-order valence-electron chi connectivity index (χ3n) is 5.86. The number of hydrogen-bond acceptors (Lipinski definition) is 3. The molecular weight excluding hydrogens is 382 g/mol. The van der Waals surface area contributed by atoms with Gasteiger partial charge in [0, 0.05) is 27.5 Å². The van der Waals surface area contributed by atoms with Gasteiger partial charge in [-0.1, -0.05) is 41.5 Å². The smallest absolute Gasteiger partial charge is 0.198 e. The van der Waals surface area contributed by atoms with Crippen molar-refractivity contribution in [1.82, 2.24) is 14.6 Å². The summed E-state index contributed by atoms with van der Waals surface area (Å²) in [6, 6.07) is 8.55. The first-order valence-electron chi connectivity index (χ1n) is 10.7. The maximum absolute atomic E-state index is 9.87. The van der Waals surface area contributed by atoms with Crippen LogP contribution in [0.2, 0.25) is 0 Å². The van der Waals surface area contributed by atoms with Gasteiger partial charge >= 0.3 is 0 Å². The second-order valence-electron chi connectivity index (χ2n) is 10.5. The van der Waals surface area contributed by atoms with Crippen LogP contribution in [0.1, 0.15) is 69.6 Å². The summed E-state index contributed by atoms with van der Waals surface area (Å²) in [7, 11) is 4.06. The lowest BCUT2D eigenvalue weighted by Crippen LogP contribution is -2.36. The summed E-state index contributed by atoms with van der Waals surface area (Å²) < 4.78 is 4.16. The molecule has 0 spiro atoms. The standard InChI is InChI=1S/C26H34N5/c1-16-15-30(9)31(10)23(16)20-12-18(11-19(14-27)17(20)2)24-28-21(25(3,4)5)13-22(29-24)26(6,7)8/h11-13,15H,1-10H3/q+1. The molecule has 3 aromatic rings. The highest BCUT2D eigenvalue weighted by molar-refractivity contribution is 5.76. The Morgan fingerprint density at radius 2 is 1.48 bits per heavy atom. The minimum atomic E-state index is -0.105. The Morgan fingerprint density at radius 1 is 0.935 bits per heavy atom. The third-order valence-corrected chi connectivity index (χ3v) is 5.86. The fourth-order valence-corrected chi connectivity index (χ4v) is 3.78. The van der Waals surface area contributed by atoms with Gasteiger partial charge in [0.15, 0.2) is 19.1 Å². The molecule has 0 saturated carbocycles. The summed E-state index contributed by atoms with van der Waals surface area (Å²) in [6.07, 6.45) is 2.10. The van der Waals surface area contributed by atoms with Crippen molar-refractivity contribution in [2.45, 2.75) is 66.2 Å². The summed E-state index contributed by atoms with van der Waals surface area (Å²) in [6.45, 7) is 17.1. The number of rotatable bonds is 2. The minimum Gasteiger partial charge on any atom is -0.233 e. The molecule has 0 radical (unpaired) electrons. The molecule has 0 bridgehead atoms. The van der Waals surface area contributed by atoms with Crippen LogP contribution in [0.25, 0.3) is 22.6 Å². The molecule has 162 valence electrons. The van der Waals surface area contributed by atoms with E-state index in [4.69, 9.17) is 9.97 Å². The second kappa shape index (κ2) is 7.60. The highest BCUT2D eigenvalue weighted by Gasteiger charge is 2.25. The molecule has 3 rings (SSSR count). The second-order valence-corrected chi connectivity index (χ2v) is 10.5. The fraction of sp³-hybridized carbons (Fsp3) is 0.462. The van der Waals surface area contributed by atoms with Crippen molar-refractivity contribution >= 4 is 0 Å². The minimum absolute atomic E-state index is 0.105. The lowest BCUT2D eigenvalue weighted by molar-refractivity contribution is -0.750. The van der Waals surface area contributed by atoms with E-state index in [2.05, 4.69) is 82.2 Å². The maximum atomic E-state index is 9.87. The van der Waals surface area contributed by atoms with Gasteiger partial charge in [-0.05, 0) is 37.6 Å². The van der Waals surface area contributed by atoms with E-state index in [1.54, 1.807) is 0 Å². The monoisotopic (exact) mass is 416 g/mol. The molecule has 0 aliphatic rings. The van der Waals surface area contributed by atoms with Gasteiger partial charge in [0.05, 0.1) is 30.1 Å². The van der Waals surface area contributed by atoms with Gasteiger partial charge in [-0.15, -0.1) is 4.68 Å². The zero-order chi connectivity index (χ0) is 23.3. The molecule has 1 aromatic carbocycles. The largest absolute Gasteiger partial charge is 0.233 e. The molecule has 5 heteroatoms. The quantitative estimate of drug-likeness (QED) is 0.549. The molecule has 5 nitrogen and oxygen atoms in total. The number of aromatic nitrogens is 4. The normalized spacial score (nSPS) is 12.2. The summed E-state index contributed by atoms with van der Waals surface area (Å²) in [4.78, 5) is 9.89. The molecule has 0 N–H and O–H groups in total. The van der Waals surface area contributed by atoms with Crippen LogP contribution < -0.4 is 4.68 Å². The number of hydrogen-bond donors (Lipinski definition) is 0. The zero-order valence-corrected chi connectivity index (χ0v) is 20.5. The Morgan fingerprint density at radius 3 is 1.90 bits per heavy atom. The fourth-order valence-electron chi connectivity index (χ4n) is 3.78. The van der Waals surface area contributed by atoms with E-state index in [0.29, 0.717) is 11.4 Å². The molecule has 0 fully saturated rings. The Labute approximate surface area is 186 Å². The van der Waals surface area contributed by atoms with E-state index >= 15 is 0 Å². The molecular formula is C26H34N5+. The van der Waals surface area contributed by atoms with Crippen LogP contribution in [0.3, 0.4) is 0 Å². The number of aryl methyl sites for hydroxylation is 2. The van der Waals surface area contributed by atoms with Crippen molar-refractivity contribution in [1.29, 1.82) is 5.26 Å². The molecule has 0 aliphatic heterocycles. The summed E-state index contributed by atoms with van der Waals surface area (Å²) in [5.74, 6) is 0.673. The predicted molar refractivity (Wildman–Crippen MR) is 125 cm³/mol. The topological polar surface area (TPSA) is 58.4 Å². The van der Waals surface area contributed by atoms with Crippen LogP contribution in [0, 0.1) is 25.2 Å². The lowest BCUT2D eigenvalue weighted by atomic mass is 9.86. The molecule has 2 aromatic heterocycles. The van der Waals surface area contributed by atoms with Crippen LogP contribution in [-0.4, -0.2) is 14.6 Å². The van der Waals surface area contributed by atoms with E-state index in [1.807, 2.05) is 27.1 Å². The average Bonchev–Trinajstić information content (AvgIpc) is 2.92. The van der Waals surface area contributed by atoms with Crippen LogP contribution in [-0.2, 0) is 24.9 Å². The predicted octanol–water partition coefficient (Wildman–Crippen LogP) is 5.06. The summed E-state index contributed by atoms with van der Waals surface area (Å²) >= 11 is 0. The van der Waals surface area contributed by atoms with Crippen molar-refractivity contribution in [3.63, 3.8) is 0 Å². The number of nitrogens with zero attached hydrogens (tertiary/aromatic N) is 5. The van der Waals surface area contributed by atoms with Gasteiger partial charge in [0.1, 0.15) is 5.69 Å². The molecule has 0 aliphatic carbocycles. The highest BCUT2D eigenvalue weighted by Crippen LogP contribution is 2.34. The molecule has 31 heavy (non-hydrogen) atoms. The van der Waals surface area contributed by atoms with Crippen molar-refractivity contribution in [3.8, 4) is 28.7 Å². The molecule has 0 saturated heterocycles. The van der Waals surface area contributed by atoms with E-state index in [-0.39, 0.29) is 10.8 Å².